The van der Waals surface area contributed by atoms with Crippen molar-refractivity contribution in [1.82, 2.24) is 0 Å². The molecule has 0 amide bonds. The van der Waals surface area contributed by atoms with Crippen molar-refractivity contribution in [2.24, 2.45) is 5.92 Å². The molecule has 0 saturated carbocycles. The molecule has 2 atom stereocenters. The summed E-state index contributed by atoms with van der Waals surface area (Å²) < 4.78 is 5.10. The average molecular weight is 146 g/mol. The first kappa shape index (κ1) is 12.6. The lowest BCUT2D eigenvalue weighted by Crippen LogP contribution is -2.14. The molecule has 1 nitrogen and oxygen atoms in total. The summed E-state index contributed by atoms with van der Waals surface area (Å²) in [5.74, 6) is 0.694. The summed E-state index contributed by atoms with van der Waals surface area (Å²) in [5, 5.41) is 0. The van der Waals surface area contributed by atoms with E-state index in [-0.39, 0.29) is 0 Å². The van der Waals surface area contributed by atoms with Gasteiger partial charge in [0.15, 0.2) is 0 Å². The van der Waals surface area contributed by atoms with Gasteiger partial charge in [0.2, 0.25) is 0 Å². The van der Waals surface area contributed by atoms with Gasteiger partial charge in [0.1, 0.15) is 0 Å². The normalized spacial score (nSPS) is 15.0. The largest absolute Gasteiger partial charge is 0.381 e. The minimum Gasteiger partial charge on any atom is -0.381 e. The van der Waals surface area contributed by atoms with Crippen LogP contribution in [0, 0.1) is 5.92 Å². The molecule has 0 saturated heterocycles. The van der Waals surface area contributed by atoms with Gasteiger partial charge in [-0.1, -0.05) is 34.1 Å². The molecule has 0 aliphatic heterocycles. The van der Waals surface area contributed by atoms with Crippen molar-refractivity contribution in [2.45, 2.75) is 47.1 Å². The predicted octanol–water partition coefficient (Wildman–Crippen LogP) is 3.09. The molecule has 2 unspecified atom stereocenters. The quantitative estimate of drug-likeness (QED) is 0.594. The highest BCUT2D eigenvalue weighted by molar-refractivity contribution is 4.56. The van der Waals surface area contributed by atoms with E-state index in [1.54, 1.807) is 7.11 Å². The highest BCUT2D eigenvalue weighted by Gasteiger charge is 2.06. The van der Waals surface area contributed by atoms with E-state index in [0.29, 0.717) is 12.0 Å². The van der Waals surface area contributed by atoms with Crippen molar-refractivity contribution in [3.8, 4) is 0 Å². The Balaban J connectivity index is 0. The third-order valence-electron chi connectivity index (χ3n) is 1.82. The van der Waals surface area contributed by atoms with Crippen molar-refractivity contribution >= 4 is 0 Å². The van der Waals surface area contributed by atoms with Gasteiger partial charge in [-0.05, 0) is 12.8 Å². The molecule has 64 valence electrons. The minimum atomic E-state index is 0.417. The third-order valence-corrected chi connectivity index (χ3v) is 1.82. The van der Waals surface area contributed by atoms with E-state index >= 15 is 0 Å². The second kappa shape index (κ2) is 8.96. The van der Waals surface area contributed by atoms with Crippen LogP contribution in [0.25, 0.3) is 0 Å². The van der Waals surface area contributed by atoms with Crippen LogP contribution in [0.3, 0.4) is 0 Å². The molecule has 1 heteroatoms. The van der Waals surface area contributed by atoms with E-state index in [0.717, 1.165) is 0 Å². The maximum absolute atomic E-state index is 5.10. The van der Waals surface area contributed by atoms with E-state index in [9.17, 15) is 0 Å². The van der Waals surface area contributed by atoms with Crippen LogP contribution in [-0.2, 0) is 4.74 Å². The Labute approximate surface area is 65.8 Å². The average Bonchev–Trinajstić information content (AvgIpc) is 2.05. The molecule has 0 N–H and O–H groups in total. The first-order valence-corrected chi connectivity index (χ1v) is 4.25. The molecular formula is C9H22O. The van der Waals surface area contributed by atoms with E-state index in [4.69, 9.17) is 4.74 Å². The van der Waals surface area contributed by atoms with Gasteiger partial charge in [-0.2, -0.15) is 0 Å². The standard InChI is InChI=1S/C7H16O.C2H6/c1-5-6(2)7(3)8-4;1-2/h6-7H,5H2,1-4H3;1-2H3. The molecule has 0 bridgehead atoms. The zero-order chi connectivity index (χ0) is 8.57. The molecule has 0 radical (unpaired) electrons. The Hall–Kier alpha value is -0.0400. The fourth-order valence-corrected chi connectivity index (χ4v) is 0.564. The number of hydrogen-bond donors (Lipinski definition) is 0. The van der Waals surface area contributed by atoms with Gasteiger partial charge in [-0.15, -0.1) is 0 Å². The summed E-state index contributed by atoms with van der Waals surface area (Å²) in [6.07, 6.45) is 1.62. The lowest BCUT2D eigenvalue weighted by Gasteiger charge is -2.15. The van der Waals surface area contributed by atoms with Crippen molar-refractivity contribution in [3.05, 3.63) is 0 Å². The lowest BCUT2D eigenvalue weighted by molar-refractivity contribution is 0.0723. The lowest BCUT2D eigenvalue weighted by atomic mass is 10.0. The van der Waals surface area contributed by atoms with Crippen LogP contribution in [-0.4, -0.2) is 13.2 Å². The van der Waals surface area contributed by atoms with E-state index in [1.165, 1.54) is 6.42 Å². The highest BCUT2D eigenvalue weighted by atomic mass is 16.5. The van der Waals surface area contributed by atoms with Gasteiger partial charge in [-0.3, -0.25) is 0 Å². The maximum atomic E-state index is 5.10. The molecule has 0 aromatic heterocycles. The molecule has 0 aromatic carbocycles. The molecule has 0 fully saturated rings. The van der Waals surface area contributed by atoms with Crippen molar-refractivity contribution < 1.29 is 4.74 Å². The monoisotopic (exact) mass is 146 g/mol. The SMILES string of the molecule is CC.CCC(C)C(C)OC. The topological polar surface area (TPSA) is 9.23 Å². The van der Waals surface area contributed by atoms with Gasteiger partial charge in [0.05, 0.1) is 6.10 Å². The Kier molecular flexibility index (Phi) is 11.3. The number of hydrogen-bond acceptors (Lipinski definition) is 1. The zero-order valence-corrected chi connectivity index (χ0v) is 8.27. The minimum absolute atomic E-state index is 0.417. The van der Waals surface area contributed by atoms with Crippen LogP contribution >= 0.6 is 0 Å². The third kappa shape index (κ3) is 6.09. The Bertz CT molecular complexity index is 44.7. The number of methoxy groups -OCH3 is 1. The molecule has 0 rings (SSSR count). The molecule has 0 aliphatic rings. The van der Waals surface area contributed by atoms with Crippen molar-refractivity contribution in [1.29, 1.82) is 0 Å². The van der Waals surface area contributed by atoms with E-state index < -0.39 is 0 Å². The van der Waals surface area contributed by atoms with Gasteiger partial charge in [-0.25, -0.2) is 0 Å². The molecular weight excluding hydrogens is 124 g/mol. The number of rotatable bonds is 3. The fraction of sp³-hybridized carbons (Fsp3) is 1.00. The van der Waals surface area contributed by atoms with Crippen LogP contribution in [0.5, 0.6) is 0 Å². The van der Waals surface area contributed by atoms with Crippen LogP contribution in [0.4, 0.5) is 0 Å². The summed E-state index contributed by atoms with van der Waals surface area (Å²) in [7, 11) is 1.76. The van der Waals surface area contributed by atoms with Gasteiger partial charge >= 0.3 is 0 Å². The van der Waals surface area contributed by atoms with Crippen LogP contribution < -0.4 is 0 Å². The van der Waals surface area contributed by atoms with Crippen LogP contribution in [0.15, 0.2) is 0 Å². The fourth-order valence-electron chi connectivity index (χ4n) is 0.564. The highest BCUT2D eigenvalue weighted by Crippen LogP contribution is 2.08. The van der Waals surface area contributed by atoms with Crippen molar-refractivity contribution in [2.75, 3.05) is 7.11 Å². The van der Waals surface area contributed by atoms with Crippen LogP contribution in [0.2, 0.25) is 0 Å². The van der Waals surface area contributed by atoms with Gasteiger partial charge in [0.25, 0.3) is 0 Å². The molecule has 0 aromatic rings. The first-order valence-electron chi connectivity index (χ1n) is 4.25. The van der Waals surface area contributed by atoms with E-state index in [1.807, 2.05) is 13.8 Å². The second-order valence-electron chi connectivity index (χ2n) is 2.33. The first-order chi connectivity index (χ1) is 4.72. The summed E-state index contributed by atoms with van der Waals surface area (Å²) in [4.78, 5) is 0. The molecule has 0 heterocycles. The Morgan fingerprint density at radius 2 is 1.60 bits per heavy atom. The Morgan fingerprint density at radius 1 is 1.20 bits per heavy atom. The summed E-state index contributed by atoms with van der Waals surface area (Å²) >= 11 is 0. The van der Waals surface area contributed by atoms with Crippen LogP contribution in [0.1, 0.15) is 41.0 Å². The predicted molar refractivity (Wildman–Crippen MR) is 47.3 cm³/mol. The maximum Gasteiger partial charge on any atom is 0.0568 e. The second-order valence-corrected chi connectivity index (χ2v) is 2.33. The zero-order valence-electron chi connectivity index (χ0n) is 8.27. The smallest absolute Gasteiger partial charge is 0.0568 e. The summed E-state index contributed by atoms with van der Waals surface area (Å²) in [6.45, 7) is 10.5. The van der Waals surface area contributed by atoms with Gasteiger partial charge in [0, 0.05) is 7.11 Å². The van der Waals surface area contributed by atoms with Gasteiger partial charge < -0.3 is 4.74 Å². The number of ether oxygens (including phenoxy) is 1. The summed E-state index contributed by atoms with van der Waals surface area (Å²) in [5.41, 5.74) is 0. The Morgan fingerprint density at radius 3 is 1.70 bits per heavy atom. The van der Waals surface area contributed by atoms with E-state index in [2.05, 4.69) is 20.8 Å². The molecule has 10 heavy (non-hydrogen) atoms. The molecule has 0 spiro atoms. The van der Waals surface area contributed by atoms with Crippen molar-refractivity contribution in [3.63, 3.8) is 0 Å². The molecule has 0 aliphatic carbocycles. The summed E-state index contributed by atoms with van der Waals surface area (Å²) in [6, 6.07) is 0.